The monoisotopic (exact) mass is 403 g/mol. The van der Waals surface area contributed by atoms with Crippen molar-refractivity contribution in [1.82, 2.24) is 14.8 Å². The topological polar surface area (TPSA) is 62.7 Å². The number of pyridine rings is 1. The Hall–Kier alpha value is -2.11. The van der Waals surface area contributed by atoms with Gasteiger partial charge < -0.3 is 14.5 Å². The lowest BCUT2D eigenvalue weighted by Gasteiger charge is -2.37. The van der Waals surface area contributed by atoms with E-state index in [9.17, 15) is 9.59 Å². The fourth-order valence-electron chi connectivity index (χ4n) is 3.47. The molecule has 0 bridgehead atoms. The van der Waals surface area contributed by atoms with Crippen molar-refractivity contribution in [3.63, 3.8) is 0 Å². The molecule has 6 heteroatoms. The van der Waals surface area contributed by atoms with E-state index in [0.29, 0.717) is 19.6 Å². The molecular formula is C23H37N3O3. The average Bonchev–Trinajstić information content (AvgIpc) is 2.85. The van der Waals surface area contributed by atoms with Gasteiger partial charge in [0, 0.05) is 24.2 Å². The summed E-state index contributed by atoms with van der Waals surface area (Å²) < 4.78 is 5.63. The SMILES string of the molecule is CC(C)(C)OC(=O)[C@@H](N1CCN(Cc2cccc(C(C)(C)C)n2)C1=O)C(C)(C)C. The van der Waals surface area contributed by atoms with Gasteiger partial charge in [-0.2, -0.15) is 0 Å². The van der Waals surface area contributed by atoms with E-state index in [0.717, 1.165) is 11.4 Å². The van der Waals surface area contributed by atoms with E-state index < -0.39 is 17.1 Å². The number of hydrogen-bond acceptors (Lipinski definition) is 4. The Morgan fingerprint density at radius 2 is 1.69 bits per heavy atom. The van der Waals surface area contributed by atoms with Crippen molar-refractivity contribution < 1.29 is 14.3 Å². The molecule has 2 heterocycles. The highest BCUT2D eigenvalue weighted by molar-refractivity contribution is 5.85. The second-order valence-electron chi connectivity index (χ2n) is 11.0. The molecule has 0 saturated carbocycles. The van der Waals surface area contributed by atoms with Gasteiger partial charge in [-0.3, -0.25) is 4.98 Å². The van der Waals surface area contributed by atoms with Gasteiger partial charge in [-0.05, 0) is 38.3 Å². The van der Waals surface area contributed by atoms with Crippen molar-refractivity contribution in [2.75, 3.05) is 13.1 Å². The van der Waals surface area contributed by atoms with Gasteiger partial charge in [0.25, 0.3) is 0 Å². The Labute approximate surface area is 175 Å². The Morgan fingerprint density at radius 1 is 1.07 bits per heavy atom. The minimum absolute atomic E-state index is 0.0505. The number of carbonyl (C=O) groups excluding carboxylic acids is 2. The van der Waals surface area contributed by atoms with Crippen LogP contribution >= 0.6 is 0 Å². The number of amides is 2. The first-order valence-corrected chi connectivity index (χ1v) is 10.3. The van der Waals surface area contributed by atoms with Crippen LogP contribution < -0.4 is 0 Å². The maximum Gasteiger partial charge on any atom is 0.329 e. The first-order chi connectivity index (χ1) is 13.1. The Balaban J connectivity index is 2.20. The van der Waals surface area contributed by atoms with Crippen LogP contribution in [0.1, 0.15) is 73.7 Å². The second-order valence-corrected chi connectivity index (χ2v) is 11.0. The van der Waals surface area contributed by atoms with Crippen LogP contribution in [0.2, 0.25) is 0 Å². The van der Waals surface area contributed by atoms with E-state index >= 15 is 0 Å². The minimum Gasteiger partial charge on any atom is -0.458 e. The van der Waals surface area contributed by atoms with E-state index in [2.05, 4.69) is 20.8 Å². The van der Waals surface area contributed by atoms with Crippen LogP contribution in [0.3, 0.4) is 0 Å². The number of nitrogens with zero attached hydrogens (tertiary/aromatic N) is 3. The van der Waals surface area contributed by atoms with Gasteiger partial charge in [0.1, 0.15) is 11.6 Å². The average molecular weight is 404 g/mol. The normalized spacial score (nSPS) is 16.9. The lowest BCUT2D eigenvalue weighted by molar-refractivity contribution is -0.164. The minimum atomic E-state index is -0.631. The van der Waals surface area contributed by atoms with Gasteiger partial charge in [0.05, 0.1) is 12.2 Å². The summed E-state index contributed by atoms with van der Waals surface area (Å²) in [4.78, 5) is 34.2. The van der Waals surface area contributed by atoms with Crippen molar-refractivity contribution >= 4 is 12.0 Å². The zero-order chi connectivity index (χ0) is 22.2. The number of aromatic nitrogens is 1. The fraction of sp³-hybridized carbons (Fsp3) is 0.696. The summed E-state index contributed by atoms with van der Waals surface area (Å²) in [5.41, 5.74) is 0.779. The third-order valence-electron chi connectivity index (χ3n) is 4.82. The molecule has 1 aliphatic rings. The van der Waals surface area contributed by atoms with Gasteiger partial charge in [-0.25, -0.2) is 9.59 Å². The van der Waals surface area contributed by atoms with Crippen molar-refractivity contribution in [1.29, 1.82) is 0 Å². The van der Waals surface area contributed by atoms with Crippen molar-refractivity contribution in [2.24, 2.45) is 5.41 Å². The standard InChI is InChI=1S/C23H37N3O3/c1-21(2,3)17-12-10-11-16(24-17)15-25-13-14-26(20(25)28)18(22(4,5)6)19(27)29-23(7,8)9/h10-12,18H,13-15H2,1-9H3/t18-/m1/s1. The molecule has 162 valence electrons. The predicted octanol–water partition coefficient (Wildman–Crippen LogP) is 4.37. The summed E-state index contributed by atoms with van der Waals surface area (Å²) in [5, 5.41) is 0. The van der Waals surface area contributed by atoms with Crippen molar-refractivity contribution in [2.45, 2.75) is 85.9 Å². The molecule has 2 amide bonds. The maximum atomic E-state index is 13.2. The van der Waals surface area contributed by atoms with E-state index in [-0.39, 0.29) is 17.4 Å². The van der Waals surface area contributed by atoms with Gasteiger partial charge in [0.15, 0.2) is 0 Å². The van der Waals surface area contributed by atoms with Gasteiger partial charge >= 0.3 is 12.0 Å². The highest BCUT2D eigenvalue weighted by Crippen LogP contribution is 2.30. The van der Waals surface area contributed by atoms with E-state index in [4.69, 9.17) is 9.72 Å². The Kier molecular flexibility index (Phi) is 6.36. The molecule has 1 atom stereocenters. The Morgan fingerprint density at radius 3 is 2.21 bits per heavy atom. The molecule has 0 aliphatic carbocycles. The van der Waals surface area contributed by atoms with Gasteiger partial charge in [-0.15, -0.1) is 0 Å². The van der Waals surface area contributed by atoms with Gasteiger partial charge in [0.2, 0.25) is 0 Å². The number of ether oxygens (including phenoxy) is 1. The molecule has 29 heavy (non-hydrogen) atoms. The van der Waals surface area contributed by atoms with Gasteiger partial charge in [-0.1, -0.05) is 47.6 Å². The first-order valence-electron chi connectivity index (χ1n) is 10.3. The largest absolute Gasteiger partial charge is 0.458 e. The highest BCUT2D eigenvalue weighted by Gasteiger charge is 2.45. The summed E-state index contributed by atoms with van der Waals surface area (Å²) in [7, 11) is 0. The van der Waals surface area contributed by atoms with Crippen LogP contribution in [0.15, 0.2) is 18.2 Å². The third kappa shape index (κ3) is 5.94. The van der Waals surface area contributed by atoms with Crippen LogP contribution in [0.25, 0.3) is 0 Å². The first kappa shape index (κ1) is 23.2. The molecule has 2 rings (SSSR count). The zero-order valence-corrected chi connectivity index (χ0v) is 19.5. The molecule has 1 aliphatic heterocycles. The van der Waals surface area contributed by atoms with Crippen LogP contribution in [0.5, 0.6) is 0 Å². The lowest BCUT2D eigenvalue weighted by Crippen LogP contribution is -2.52. The summed E-state index contributed by atoms with van der Waals surface area (Å²) in [6, 6.07) is 5.17. The molecule has 0 aromatic carbocycles. The molecule has 0 N–H and O–H groups in total. The van der Waals surface area contributed by atoms with Crippen molar-refractivity contribution in [3.05, 3.63) is 29.6 Å². The van der Waals surface area contributed by atoms with E-state index in [1.165, 1.54) is 0 Å². The molecule has 0 radical (unpaired) electrons. The van der Waals surface area contributed by atoms with Crippen LogP contribution in [0.4, 0.5) is 4.79 Å². The lowest BCUT2D eigenvalue weighted by atomic mass is 9.85. The number of carbonyl (C=O) groups is 2. The number of hydrogen-bond donors (Lipinski definition) is 0. The number of urea groups is 1. The molecule has 1 aromatic rings. The van der Waals surface area contributed by atoms with Crippen LogP contribution in [-0.2, 0) is 21.5 Å². The van der Waals surface area contributed by atoms with E-state index in [1.807, 2.05) is 59.7 Å². The second kappa shape index (κ2) is 7.96. The number of esters is 1. The smallest absolute Gasteiger partial charge is 0.329 e. The molecule has 0 unspecified atom stereocenters. The zero-order valence-electron chi connectivity index (χ0n) is 19.5. The van der Waals surface area contributed by atoms with Crippen LogP contribution in [-0.4, -0.2) is 51.5 Å². The number of rotatable bonds is 4. The Bertz CT molecular complexity index is 754. The van der Waals surface area contributed by atoms with Crippen LogP contribution in [0, 0.1) is 5.41 Å². The van der Waals surface area contributed by atoms with E-state index in [1.54, 1.807) is 9.80 Å². The molecule has 6 nitrogen and oxygen atoms in total. The molecule has 1 aromatic heterocycles. The molecule has 1 saturated heterocycles. The maximum absolute atomic E-state index is 13.2. The quantitative estimate of drug-likeness (QED) is 0.700. The predicted molar refractivity (Wildman–Crippen MR) is 115 cm³/mol. The summed E-state index contributed by atoms with van der Waals surface area (Å²) >= 11 is 0. The highest BCUT2D eigenvalue weighted by atomic mass is 16.6. The fourth-order valence-corrected chi connectivity index (χ4v) is 3.47. The molecule has 1 fully saturated rings. The molecule has 0 spiro atoms. The van der Waals surface area contributed by atoms with Crippen molar-refractivity contribution in [3.8, 4) is 0 Å². The third-order valence-corrected chi connectivity index (χ3v) is 4.82. The molecular weight excluding hydrogens is 366 g/mol. The summed E-state index contributed by atoms with van der Waals surface area (Å²) in [6.45, 7) is 19.3. The summed E-state index contributed by atoms with van der Waals surface area (Å²) in [5.74, 6) is -0.354. The summed E-state index contributed by atoms with van der Waals surface area (Å²) in [6.07, 6.45) is 0.